The molecule has 0 aromatic carbocycles. The minimum atomic E-state index is -0.852. The fourth-order valence-corrected chi connectivity index (χ4v) is 2.31. The van der Waals surface area contributed by atoms with Crippen LogP contribution in [0.15, 0.2) is 12.4 Å². The molecule has 0 spiro atoms. The first-order chi connectivity index (χ1) is 9.16. The van der Waals surface area contributed by atoms with Crippen LogP contribution in [-0.2, 0) is 4.79 Å². The molecule has 1 saturated heterocycles. The molecule has 0 radical (unpaired) electrons. The maximum absolute atomic E-state index is 11.4. The molecule has 8 nitrogen and oxygen atoms in total. The molecule has 1 fully saturated rings. The van der Waals surface area contributed by atoms with E-state index < -0.39 is 12.0 Å². The van der Waals surface area contributed by atoms with Crippen LogP contribution in [0.25, 0.3) is 5.78 Å². The lowest BCUT2D eigenvalue weighted by Gasteiger charge is -2.35. The molecule has 1 atom stereocenters. The number of anilines is 1. The van der Waals surface area contributed by atoms with Gasteiger partial charge in [-0.15, -0.1) is 0 Å². The number of carbonyl (C=O) groups is 1. The van der Waals surface area contributed by atoms with Gasteiger partial charge in [0.15, 0.2) is 0 Å². The predicted molar refractivity (Wildman–Crippen MR) is 67.2 cm³/mol. The van der Waals surface area contributed by atoms with Gasteiger partial charge in [0.1, 0.15) is 18.2 Å². The van der Waals surface area contributed by atoms with Crippen molar-refractivity contribution < 1.29 is 9.90 Å². The number of hydrogen-bond acceptors (Lipinski definition) is 6. The van der Waals surface area contributed by atoms with Gasteiger partial charge in [-0.1, -0.05) is 0 Å². The van der Waals surface area contributed by atoms with Gasteiger partial charge in [-0.3, -0.25) is 0 Å². The number of carboxylic acids is 1. The summed E-state index contributed by atoms with van der Waals surface area (Å²) in [5, 5.41) is 16.5. The minimum Gasteiger partial charge on any atom is -0.480 e. The topological polar surface area (TPSA) is 95.7 Å². The molecule has 2 aromatic rings. The van der Waals surface area contributed by atoms with Gasteiger partial charge in [0.05, 0.1) is 0 Å². The molecule has 100 valence electrons. The molecule has 0 bridgehead atoms. The third kappa shape index (κ3) is 1.99. The molecular formula is C11H14N6O2. The summed E-state index contributed by atoms with van der Waals surface area (Å²) in [4.78, 5) is 21.5. The summed E-state index contributed by atoms with van der Waals surface area (Å²) in [7, 11) is 0. The third-order valence-corrected chi connectivity index (χ3v) is 3.18. The standard InChI is InChI=1S/C11H14N6O2/c1-7-4-9(17-11(15-7)13-6-14-17)16-3-2-12-5-8(16)10(18)19/h4,6,8,12H,2-3,5H2,1H3,(H,18,19). The van der Waals surface area contributed by atoms with E-state index in [1.807, 2.05) is 17.9 Å². The average Bonchev–Trinajstić information content (AvgIpc) is 2.85. The number of piperazine rings is 1. The van der Waals surface area contributed by atoms with Crippen LogP contribution in [0.2, 0.25) is 0 Å². The van der Waals surface area contributed by atoms with Crippen LogP contribution in [0.4, 0.5) is 5.82 Å². The van der Waals surface area contributed by atoms with Crippen molar-refractivity contribution in [2.75, 3.05) is 24.5 Å². The van der Waals surface area contributed by atoms with Crippen molar-refractivity contribution in [3.05, 3.63) is 18.1 Å². The van der Waals surface area contributed by atoms with Gasteiger partial charge in [-0.25, -0.2) is 9.78 Å². The first-order valence-corrected chi connectivity index (χ1v) is 6.04. The Morgan fingerprint density at radius 3 is 3.21 bits per heavy atom. The SMILES string of the molecule is Cc1cc(N2CCNCC2C(=O)O)n2ncnc2n1. The van der Waals surface area contributed by atoms with Gasteiger partial charge in [-0.05, 0) is 6.92 Å². The van der Waals surface area contributed by atoms with Gasteiger partial charge in [-0.2, -0.15) is 14.6 Å². The van der Waals surface area contributed by atoms with Crippen LogP contribution in [-0.4, -0.2) is 56.3 Å². The van der Waals surface area contributed by atoms with Crippen LogP contribution in [0.1, 0.15) is 5.69 Å². The van der Waals surface area contributed by atoms with Crippen LogP contribution in [0.5, 0.6) is 0 Å². The lowest BCUT2D eigenvalue weighted by molar-refractivity contribution is -0.138. The van der Waals surface area contributed by atoms with E-state index in [9.17, 15) is 9.90 Å². The molecule has 19 heavy (non-hydrogen) atoms. The maximum atomic E-state index is 11.4. The lowest BCUT2D eigenvalue weighted by atomic mass is 10.2. The number of rotatable bonds is 2. The van der Waals surface area contributed by atoms with E-state index in [4.69, 9.17) is 0 Å². The molecule has 2 aromatic heterocycles. The molecule has 3 heterocycles. The monoisotopic (exact) mass is 262 g/mol. The molecule has 1 unspecified atom stereocenters. The largest absolute Gasteiger partial charge is 0.480 e. The summed E-state index contributed by atoms with van der Waals surface area (Å²) in [5.74, 6) is 0.349. The highest BCUT2D eigenvalue weighted by molar-refractivity contribution is 5.78. The summed E-state index contributed by atoms with van der Waals surface area (Å²) in [6.45, 7) is 3.61. The number of hydrogen-bond donors (Lipinski definition) is 2. The molecule has 1 aliphatic rings. The Labute approximate surface area is 109 Å². The number of nitrogens with zero attached hydrogens (tertiary/aromatic N) is 5. The number of fused-ring (bicyclic) bond motifs is 1. The molecule has 1 aliphatic heterocycles. The van der Waals surface area contributed by atoms with Gasteiger partial charge in [0.2, 0.25) is 0 Å². The third-order valence-electron chi connectivity index (χ3n) is 3.18. The molecule has 0 amide bonds. The van der Waals surface area contributed by atoms with Crippen molar-refractivity contribution in [3.8, 4) is 0 Å². The summed E-state index contributed by atoms with van der Waals surface area (Å²) < 4.78 is 1.58. The van der Waals surface area contributed by atoms with Crippen molar-refractivity contribution in [1.29, 1.82) is 0 Å². The van der Waals surface area contributed by atoms with Crippen molar-refractivity contribution in [1.82, 2.24) is 24.9 Å². The summed E-state index contributed by atoms with van der Waals surface area (Å²) >= 11 is 0. The van der Waals surface area contributed by atoms with Gasteiger partial charge < -0.3 is 15.3 Å². The first-order valence-electron chi connectivity index (χ1n) is 6.04. The minimum absolute atomic E-state index is 0.410. The highest BCUT2D eigenvalue weighted by atomic mass is 16.4. The second-order valence-corrected chi connectivity index (χ2v) is 4.48. The van der Waals surface area contributed by atoms with E-state index in [1.54, 1.807) is 4.52 Å². The molecule has 2 N–H and O–H groups in total. The van der Waals surface area contributed by atoms with Crippen molar-refractivity contribution >= 4 is 17.6 Å². The van der Waals surface area contributed by atoms with Crippen LogP contribution in [0, 0.1) is 6.92 Å². The Hall–Kier alpha value is -2.22. The predicted octanol–water partition coefficient (Wildman–Crippen LogP) is -0.704. The number of aliphatic carboxylic acids is 1. The first kappa shape index (κ1) is 11.8. The smallest absolute Gasteiger partial charge is 0.327 e. The Morgan fingerprint density at radius 1 is 1.58 bits per heavy atom. The number of carboxylic acid groups (broad SMARTS) is 1. The van der Waals surface area contributed by atoms with Crippen LogP contribution >= 0.6 is 0 Å². The Bertz CT molecular complexity index is 625. The summed E-state index contributed by atoms with van der Waals surface area (Å²) in [6, 6.07) is 1.23. The second-order valence-electron chi connectivity index (χ2n) is 4.48. The fraction of sp³-hybridized carbons (Fsp3) is 0.455. The fourth-order valence-electron chi connectivity index (χ4n) is 2.31. The summed E-state index contributed by atoms with van der Waals surface area (Å²) in [5.41, 5.74) is 0.790. The van der Waals surface area contributed by atoms with E-state index in [-0.39, 0.29) is 0 Å². The van der Waals surface area contributed by atoms with E-state index in [1.165, 1.54) is 6.33 Å². The van der Waals surface area contributed by atoms with Gasteiger partial charge >= 0.3 is 5.97 Å². The Morgan fingerprint density at radius 2 is 2.42 bits per heavy atom. The van der Waals surface area contributed by atoms with E-state index in [0.29, 0.717) is 24.7 Å². The number of nitrogens with one attached hydrogen (secondary N) is 1. The van der Waals surface area contributed by atoms with E-state index in [2.05, 4.69) is 20.4 Å². The highest BCUT2D eigenvalue weighted by Crippen LogP contribution is 2.19. The molecular weight excluding hydrogens is 248 g/mol. The normalized spacial score (nSPS) is 19.8. The second kappa shape index (κ2) is 4.47. The van der Waals surface area contributed by atoms with Crippen LogP contribution < -0.4 is 10.2 Å². The molecule has 0 aliphatic carbocycles. The quantitative estimate of drug-likeness (QED) is 0.738. The summed E-state index contributed by atoms with van der Waals surface area (Å²) in [6.07, 6.45) is 1.42. The zero-order valence-electron chi connectivity index (χ0n) is 10.4. The number of aryl methyl sites for hydroxylation is 1. The average molecular weight is 262 g/mol. The van der Waals surface area contributed by atoms with Crippen LogP contribution in [0.3, 0.4) is 0 Å². The zero-order chi connectivity index (χ0) is 13.4. The van der Waals surface area contributed by atoms with Gasteiger partial charge in [0.25, 0.3) is 5.78 Å². The highest BCUT2D eigenvalue weighted by Gasteiger charge is 2.30. The van der Waals surface area contributed by atoms with E-state index in [0.717, 1.165) is 12.2 Å². The Balaban J connectivity index is 2.11. The Kier molecular flexibility index (Phi) is 2.79. The number of aromatic nitrogens is 4. The maximum Gasteiger partial charge on any atom is 0.327 e. The molecule has 0 saturated carbocycles. The lowest BCUT2D eigenvalue weighted by Crippen LogP contribution is -2.55. The molecule has 8 heteroatoms. The van der Waals surface area contributed by atoms with Gasteiger partial charge in [0, 0.05) is 31.4 Å². The van der Waals surface area contributed by atoms with Crippen molar-refractivity contribution in [3.63, 3.8) is 0 Å². The van der Waals surface area contributed by atoms with Crippen molar-refractivity contribution in [2.24, 2.45) is 0 Å². The van der Waals surface area contributed by atoms with E-state index >= 15 is 0 Å². The molecule has 3 rings (SSSR count). The van der Waals surface area contributed by atoms with Crippen molar-refractivity contribution in [2.45, 2.75) is 13.0 Å². The zero-order valence-corrected chi connectivity index (χ0v) is 10.4.